The molecule has 148 valence electrons. The summed E-state index contributed by atoms with van der Waals surface area (Å²) in [6.07, 6.45) is 5.07. The summed E-state index contributed by atoms with van der Waals surface area (Å²) in [6, 6.07) is 12.5. The number of aromatic nitrogens is 1. The predicted octanol–water partition coefficient (Wildman–Crippen LogP) is 2.71. The van der Waals surface area contributed by atoms with Crippen molar-refractivity contribution in [2.24, 2.45) is 0 Å². The van der Waals surface area contributed by atoms with E-state index in [1.165, 1.54) is 11.1 Å². The number of nitrogens with one attached hydrogen (secondary N) is 2. The van der Waals surface area contributed by atoms with E-state index >= 15 is 0 Å². The highest BCUT2D eigenvalue weighted by Gasteiger charge is 2.21. The number of rotatable bonds is 4. The van der Waals surface area contributed by atoms with Gasteiger partial charge in [0.2, 0.25) is 0 Å². The smallest absolute Gasteiger partial charge is 0.315 e. The van der Waals surface area contributed by atoms with Gasteiger partial charge in [0.15, 0.2) is 0 Å². The van der Waals surface area contributed by atoms with Crippen LogP contribution >= 0.6 is 0 Å². The van der Waals surface area contributed by atoms with Crippen molar-refractivity contribution in [2.75, 3.05) is 38.1 Å². The lowest BCUT2D eigenvalue weighted by molar-refractivity contribution is 0.235. The highest BCUT2D eigenvalue weighted by molar-refractivity contribution is 5.74. The van der Waals surface area contributed by atoms with E-state index in [2.05, 4.69) is 62.8 Å². The molecule has 4 rings (SSSR count). The fraction of sp³-hybridized carbons (Fsp3) is 0.455. The molecule has 2 aliphatic rings. The van der Waals surface area contributed by atoms with Gasteiger partial charge in [0.1, 0.15) is 5.82 Å². The van der Waals surface area contributed by atoms with E-state index in [4.69, 9.17) is 0 Å². The van der Waals surface area contributed by atoms with Gasteiger partial charge in [0, 0.05) is 38.9 Å². The normalized spacial score (nSPS) is 19.8. The molecule has 1 saturated heterocycles. The van der Waals surface area contributed by atoms with Crippen LogP contribution in [0.15, 0.2) is 42.6 Å². The minimum absolute atomic E-state index is 0.0997. The number of pyridine rings is 1. The van der Waals surface area contributed by atoms with E-state index in [9.17, 15) is 4.79 Å². The Morgan fingerprint density at radius 3 is 2.75 bits per heavy atom. The summed E-state index contributed by atoms with van der Waals surface area (Å²) in [4.78, 5) is 21.6. The zero-order chi connectivity index (χ0) is 19.3. The van der Waals surface area contributed by atoms with Crippen LogP contribution in [0.5, 0.6) is 0 Å². The molecule has 0 spiro atoms. The molecule has 2 heterocycles. The van der Waals surface area contributed by atoms with Crippen LogP contribution in [0.4, 0.5) is 10.6 Å². The van der Waals surface area contributed by atoms with Crippen LogP contribution in [0.3, 0.4) is 0 Å². The lowest BCUT2D eigenvalue weighted by Crippen LogP contribution is -2.44. The van der Waals surface area contributed by atoms with Gasteiger partial charge in [-0.05, 0) is 49.1 Å². The van der Waals surface area contributed by atoms with Crippen molar-refractivity contribution < 1.29 is 4.79 Å². The van der Waals surface area contributed by atoms with Crippen molar-refractivity contribution in [2.45, 2.75) is 31.8 Å². The maximum Gasteiger partial charge on any atom is 0.315 e. The second kappa shape index (κ2) is 8.61. The number of carbonyl (C=O) groups excluding carboxylic acids is 1. The maximum absolute atomic E-state index is 12.4. The minimum atomic E-state index is -0.121. The molecule has 2 aromatic rings. The topological polar surface area (TPSA) is 60.5 Å². The number of benzene rings is 1. The van der Waals surface area contributed by atoms with Gasteiger partial charge in [-0.3, -0.25) is 0 Å². The fourth-order valence-corrected chi connectivity index (χ4v) is 4.04. The Morgan fingerprint density at radius 1 is 1.14 bits per heavy atom. The summed E-state index contributed by atoms with van der Waals surface area (Å²) >= 11 is 0. The van der Waals surface area contributed by atoms with E-state index in [1.54, 1.807) is 0 Å². The zero-order valence-corrected chi connectivity index (χ0v) is 16.5. The molecule has 1 unspecified atom stereocenters. The molecular weight excluding hydrogens is 350 g/mol. The van der Waals surface area contributed by atoms with E-state index in [0.717, 1.165) is 56.8 Å². The average Bonchev–Trinajstić information content (AvgIpc) is 2.74. The maximum atomic E-state index is 12.4. The standard InChI is InChI=1S/C22H29N5O/c1-26-11-13-27(14-12-26)21-10-9-17(15-23-21)16-24-22(28)25-20-8-4-6-18-5-2-3-7-19(18)20/h2-3,5,7,9-10,15,20H,4,6,8,11-14,16H2,1H3,(H2,24,25,28). The van der Waals surface area contributed by atoms with Crippen molar-refractivity contribution in [1.29, 1.82) is 0 Å². The molecular formula is C22H29N5O. The van der Waals surface area contributed by atoms with Gasteiger partial charge in [-0.25, -0.2) is 9.78 Å². The molecule has 0 bridgehead atoms. The second-order valence-corrected chi connectivity index (χ2v) is 7.79. The number of hydrogen-bond donors (Lipinski definition) is 2. The number of anilines is 1. The van der Waals surface area contributed by atoms with Gasteiger partial charge in [0.25, 0.3) is 0 Å². The van der Waals surface area contributed by atoms with Gasteiger partial charge in [-0.1, -0.05) is 30.3 Å². The van der Waals surface area contributed by atoms with Crippen LogP contribution in [0.2, 0.25) is 0 Å². The highest BCUT2D eigenvalue weighted by Crippen LogP contribution is 2.29. The first-order valence-corrected chi connectivity index (χ1v) is 10.2. The number of aryl methyl sites for hydroxylation is 1. The number of fused-ring (bicyclic) bond motifs is 1. The highest BCUT2D eigenvalue weighted by atomic mass is 16.2. The molecule has 2 amide bonds. The Balaban J connectivity index is 1.28. The van der Waals surface area contributed by atoms with Gasteiger partial charge in [0.05, 0.1) is 6.04 Å². The molecule has 1 fully saturated rings. The van der Waals surface area contributed by atoms with E-state index in [1.807, 2.05) is 12.3 Å². The van der Waals surface area contributed by atoms with Gasteiger partial charge < -0.3 is 20.4 Å². The molecule has 1 atom stereocenters. The molecule has 0 saturated carbocycles. The predicted molar refractivity (Wildman–Crippen MR) is 111 cm³/mol. The van der Waals surface area contributed by atoms with Crippen molar-refractivity contribution in [3.05, 3.63) is 59.3 Å². The third kappa shape index (κ3) is 4.44. The zero-order valence-electron chi connectivity index (χ0n) is 16.5. The average molecular weight is 380 g/mol. The first-order chi connectivity index (χ1) is 13.7. The monoisotopic (exact) mass is 379 g/mol. The number of nitrogens with zero attached hydrogens (tertiary/aromatic N) is 3. The summed E-state index contributed by atoms with van der Waals surface area (Å²) in [5.74, 6) is 1.01. The molecule has 1 aliphatic carbocycles. The van der Waals surface area contributed by atoms with Crippen LogP contribution in [-0.4, -0.2) is 49.1 Å². The summed E-state index contributed by atoms with van der Waals surface area (Å²) < 4.78 is 0. The molecule has 28 heavy (non-hydrogen) atoms. The Hall–Kier alpha value is -2.60. The first-order valence-electron chi connectivity index (χ1n) is 10.2. The Labute approximate surface area is 166 Å². The Bertz CT molecular complexity index is 799. The molecule has 0 radical (unpaired) electrons. The minimum Gasteiger partial charge on any atom is -0.354 e. The summed E-state index contributed by atoms with van der Waals surface area (Å²) in [5.41, 5.74) is 3.61. The first kappa shape index (κ1) is 18.7. The molecule has 6 heteroatoms. The third-order valence-electron chi connectivity index (χ3n) is 5.76. The Morgan fingerprint density at radius 2 is 1.96 bits per heavy atom. The number of hydrogen-bond acceptors (Lipinski definition) is 4. The summed E-state index contributed by atoms with van der Waals surface area (Å²) in [6.45, 7) is 4.62. The number of piperazine rings is 1. The Kier molecular flexibility index (Phi) is 5.76. The van der Waals surface area contributed by atoms with Crippen LogP contribution in [0, 0.1) is 0 Å². The number of amides is 2. The van der Waals surface area contributed by atoms with Gasteiger partial charge in [-0.15, -0.1) is 0 Å². The largest absolute Gasteiger partial charge is 0.354 e. The molecule has 1 aromatic heterocycles. The molecule has 1 aromatic carbocycles. The fourth-order valence-electron chi connectivity index (χ4n) is 4.04. The van der Waals surface area contributed by atoms with E-state index < -0.39 is 0 Å². The molecule has 6 nitrogen and oxygen atoms in total. The molecule has 2 N–H and O–H groups in total. The van der Waals surface area contributed by atoms with Crippen molar-refractivity contribution in [3.8, 4) is 0 Å². The van der Waals surface area contributed by atoms with Crippen molar-refractivity contribution >= 4 is 11.8 Å². The quantitative estimate of drug-likeness (QED) is 0.858. The van der Waals surface area contributed by atoms with Crippen LogP contribution in [0.1, 0.15) is 35.6 Å². The number of likely N-dealkylation sites (N-methyl/N-ethyl adjacent to an activating group) is 1. The number of carbonyl (C=O) groups is 1. The summed E-state index contributed by atoms with van der Waals surface area (Å²) in [5, 5.41) is 6.10. The van der Waals surface area contributed by atoms with E-state index in [-0.39, 0.29) is 12.1 Å². The SMILES string of the molecule is CN1CCN(c2ccc(CNC(=O)NC3CCCc4ccccc43)cn2)CC1. The van der Waals surface area contributed by atoms with Gasteiger partial charge >= 0.3 is 6.03 Å². The van der Waals surface area contributed by atoms with Crippen molar-refractivity contribution in [3.63, 3.8) is 0 Å². The van der Waals surface area contributed by atoms with Crippen LogP contribution in [0.25, 0.3) is 0 Å². The van der Waals surface area contributed by atoms with E-state index in [0.29, 0.717) is 6.54 Å². The third-order valence-corrected chi connectivity index (χ3v) is 5.76. The second-order valence-electron chi connectivity index (χ2n) is 7.79. The lowest BCUT2D eigenvalue weighted by atomic mass is 9.88. The van der Waals surface area contributed by atoms with Crippen LogP contribution in [-0.2, 0) is 13.0 Å². The lowest BCUT2D eigenvalue weighted by Gasteiger charge is -2.33. The van der Waals surface area contributed by atoms with Crippen molar-refractivity contribution in [1.82, 2.24) is 20.5 Å². The summed E-state index contributed by atoms with van der Waals surface area (Å²) in [7, 11) is 2.15. The molecule has 1 aliphatic heterocycles. The number of urea groups is 1. The van der Waals surface area contributed by atoms with Crippen LogP contribution < -0.4 is 15.5 Å². The van der Waals surface area contributed by atoms with Gasteiger partial charge in [-0.2, -0.15) is 0 Å².